The molecule has 0 aromatic heterocycles. The molecule has 1 unspecified atom stereocenters. The Bertz CT molecular complexity index is 377. The molecule has 1 heteroatoms. The molecule has 16 heavy (non-hydrogen) atoms. The first-order valence-corrected chi connectivity index (χ1v) is 6.77. The Labute approximate surface area is 108 Å². The van der Waals surface area contributed by atoms with Gasteiger partial charge in [0.05, 0.1) is 0 Å². The van der Waals surface area contributed by atoms with Gasteiger partial charge in [-0.15, -0.1) is 0 Å². The van der Waals surface area contributed by atoms with E-state index in [1.165, 1.54) is 27.6 Å². The molecular weight excluding hydrogens is 260 g/mol. The minimum absolute atomic E-state index is 0.630. The number of allylic oxidation sites excluding steroid dienone is 2. The minimum Gasteiger partial charge on any atom is -0.0916 e. The van der Waals surface area contributed by atoms with E-state index in [0.29, 0.717) is 5.92 Å². The highest BCUT2D eigenvalue weighted by Gasteiger charge is 2.12. The lowest BCUT2D eigenvalue weighted by Gasteiger charge is -2.17. The first-order chi connectivity index (χ1) is 7.60. The number of hydrogen-bond donors (Lipinski definition) is 0. The van der Waals surface area contributed by atoms with Gasteiger partial charge in [-0.05, 0) is 62.3 Å². The van der Waals surface area contributed by atoms with Crippen molar-refractivity contribution in [1.82, 2.24) is 0 Å². The Morgan fingerprint density at radius 1 is 1.25 bits per heavy atom. The van der Waals surface area contributed by atoms with Crippen LogP contribution in [0.2, 0.25) is 0 Å². The summed E-state index contributed by atoms with van der Waals surface area (Å²) in [4.78, 5) is 0. The summed E-state index contributed by atoms with van der Waals surface area (Å²) in [6, 6.07) is 4.57. The van der Waals surface area contributed by atoms with Gasteiger partial charge in [-0.2, -0.15) is 0 Å². The van der Waals surface area contributed by atoms with Gasteiger partial charge in [0.1, 0.15) is 0 Å². The van der Waals surface area contributed by atoms with Crippen LogP contribution < -0.4 is 0 Å². The molecule has 0 spiro atoms. The van der Waals surface area contributed by atoms with Crippen molar-refractivity contribution in [3.05, 3.63) is 45.4 Å². The van der Waals surface area contributed by atoms with E-state index in [4.69, 9.17) is 0 Å². The predicted octanol–water partition coefficient (Wildman–Crippen LogP) is 5.53. The van der Waals surface area contributed by atoms with Crippen LogP contribution in [0.3, 0.4) is 0 Å². The molecule has 0 N–H and O–H groups in total. The number of benzene rings is 1. The normalized spacial score (nSPS) is 13.3. The van der Waals surface area contributed by atoms with Crippen LogP contribution in [0.25, 0.3) is 0 Å². The summed E-state index contributed by atoms with van der Waals surface area (Å²) < 4.78 is 1.26. The molecule has 0 aliphatic rings. The minimum atomic E-state index is 0.630. The quantitative estimate of drug-likeness (QED) is 0.637. The Hall–Kier alpha value is -0.560. The number of hydrogen-bond acceptors (Lipinski definition) is 0. The van der Waals surface area contributed by atoms with Gasteiger partial charge in [0.2, 0.25) is 0 Å². The fraction of sp³-hybridized carbons (Fsp3) is 0.467. The van der Waals surface area contributed by atoms with Crippen LogP contribution in [0.1, 0.15) is 49.3 Å². The van der Waals surface area contributed by atoms with Gasteiger partial charge in [-0.3, -0.25) is 0 Å². The Morgan fingerprint density at radius 2 is 1.88 bits per heavy atom. The van der Waals surface area contributed by atoms with Crippen LogP contribution in [0, 0.1) is 13.8 Å². The lowest BCUT2D eigenvalue weighted by atomic mass is 9.91. The van der Waals surface area contributed by atoms with E-state index in [0.717, 1.165) is 6.42 Å². The van der Waals surface area contributed by atoms with Gasteiger partial charge in [-0.25, -0.2) is 0 Å². The van der Waals surface area contributed by atoms with E-state index in [2.05, 4.69) is 67.9 Å². The highest BCUT2D eigenvalue weighted by atomic mass is 79.9. The van der Waals surface area contributed by atoms with Gasteiger partial charge < -0.3 is 0 Å². The lowest BCUT2D eigenvalue weighted by molar-refractivity contribution is 0.670. The molecule has 0 heterocycles. The third-order valence-electron chi connectivity index (χ3n) is 3.20. The molecule has 0 aliphatic carbocycles. The Morgan fingerprint density at radius 3 is 2.44 bits per heavy atom. The van der Waals surface area contributed by atoms with Crippen molar-refractivity contribution in [2.45, 2.75) is 46.5 Å². The molecule has 1 atom stereocenters. The van der Waals surface area contributed by atoms with Crippen LogP contribution in [-0.2, 0) is 0 Å². The van der Waals surface area contributed by atoms with Gasteiger partial charge in [0.25, 0.3) is 0 Å². The molecule has 0 bridgehead atoms. The van der Waals surface area contributed by atoms with Crippen molar-refractivity contribution in [2.24, 2.45) is 0 Å². The molecule has 88 valence electrons. The smallest absolute Gasteiger partial charge is 0.0213 e. The standard InChI is InChI=1S/C15H21Br/c1-5-7-8-13(6-2)14-9-11(3)12(4)10-15(14)16/h5,7,9-10,13H,6,8H2,1-4H3/b7-5-. The molecule has 1 aromatic carbocycles. The van der Waals surface area contributed by atoms with E-state index >= 15 is 0 Å². The summed E-state index contributed by atoms with van der Waals surface area (Å²) in [5.41, 5.74) is 4.19. The molecule has 0 radical (unpaired) electrons. The first kappa shape index (κ1) is 13.5. The third-order valence-corrected chi connectivity index (χ3v) is 3.89. The van der Waals surface area contributed by atoms with Gasteiger partial charge in [0, 0.05) is 4.47 Å². The molecular formula is C15H21Br. The summed E-state index contributed by atoms with van der Waals surface area (Å²) in [5.74, 6) is 0.630. The zero-order valence-corrected chi connectivity index (χ0v) is 12.3. The second kappa shape index (κ2) is 6.24. The molecule has 0 saturated carbocycles. The zero-order valence-electron chi connectivity index (χ0n) is 10.7. The predicted molar refractivity (Wildman–Crippen MR) is 76.1 cm³/mol. The SMILES string of the molecule is C/C=C\CC(CC)c1cc(C)c(C)cc1Br. The van der Waals surface area contributed by atoms with Gasteiger partial charge in [-0.1, -0.05) is 41.1 Å². The van der Waals surface area contributed by atoms with E-state index in [1.54, 1.807) is 0 Å². The van der Waals surface area contributed by atoms with Crippen LogP contribution in [0.15, 0.2) is 28.8 Å². The first-order valence-electron chi connectivity index (χ1n) is 5.97. The van der Waals surface area contributed by atoms with Crippen molar-refractivity contribution in [3.8, 4) is 0 Å². The second-order valence-corrected chi connectivity index (χ2v) is 5.22. The highest BCUT2D eigenvalue weighted by molar-refractivity contribution is 9.10. The average Bonchev–Trinajstić information content (AvgIpc) is 2.26. The van der Waals surface area contributed by atoms with Crippen LogP contribution >= 0.6 is 15.9 Å². The monoisotopic (exact) mass is 280 g/mol. The maximum atomic E-state index is 3.69. The Balaban J connectivity index is 3.04. The van der Waals surface area contributed by atoms with E-state index in [-0.39, 0.29) is 0 Å². The summed E-state index contributed by atoms with van der Waals surface area (Å²) in [6.07, 6.45) is 6.72. The number of halogens is 1. The largest absolute Gasteiger partial charge is 0.0916 e. The highest BCUT2D eigenvalue weighted by Crippen LogP contribution is 2.32. The summed E-state index contributed by atoms with van der Waals surface area (Å²) in [6.45, 7) is 8.70. The average molecular weight is 281 g/mol. The molecule has 1 aromatic rings. The summed E-state index contributed by atoms with van der Waals surface area (Å²) >= 11 is 3.69. The molecule has 0 amide bonds. The van der Waals surface area contributed by atoms with Crippen LogP contribution in [0.4, 0.5) is 0 Å². The third kappa shape index (κ3) is 3.21. The Kier molecular flexibility index (Phi) is 5.27. The van der Waals surface area contributed by atoms with E-state index < -0.39 is 0 Å². The summed E-state index contributed by atoms with van der Waals surface area (Å²) in [7, 11) is 0. The zero-order chi connectivity index (χ0) is 12.1. The maximum absolute atomic E-state index is 3.69. The van der Waals surface area contributed by atoms with Crippen molar-refractivity contribution in [1.29, 1.82) is 0 Å². The van der Waals surface area contributed by atoms with Crippen LogP contribution in [0.5, 0.6) is 0 Å². The second-order valence-electron chi connectivity index (χ2n) is 4.37. The topological polar surface area (TPSA) is 0 Å². The van der Waals surface area contributed by atoms with Gasteiger partial charge >= 0.3 is 0 Å². The molecule has 1 rings (SSSR count). The van der Waals surface area contributed by atoms with E-state index in [1.807, 2.05) is 0 Å². The molecule has 0 aliphatic heterocycles. The van der Waals surface area contributed by atoms with Crippen molar-refractivity contribution >= 4 is 15.9 Å². The fourth-order valence-electron chi connectivity index (χ4n) is 1.93. The lowest BCUT2D eigenvalue weighted by Crippen LogP contribution is -1.99. The maximum Gasteiger partial charge on any atom is 0.0213 e. The molecule has 0 nitrogen and oxygen atoms in total. The fourth-order valence-corrected chi connectivity index (χ4v) is 2.71. The van der Waals surface area contributed by atoms with E-state index in [9.17, 15) is 0 Å². The van der Waals surface area contributed by atoms with Crippen molar-refractivity contribution in [2.75, 3.05) is 0 Å². The summed E-state index contributed by atoms with van der Waals surface area (Å²) in [5, 5.41) is 0. The molecule has 0 fully saturated rings. The van der Waals surface area contributed by atoms with Crippen molar-refractivity contribution in [3.63, 3.8) is 0 Å². The van der Waals surface area contributed by atoms with Gasteiger partial charge in [0.15, 0.2) is 0 Å². The molecule has 0 saturated heterocycles. The van der Waals surface area contributed by atoms with Crippen molar-refractivity contribution < 1.29 is 0 Å². The number of aryl methyl sites for hydroxylation is 2. The number of rotatable bonds is 4. The van der Waals surface area contributed by atoms with Crippen LogP contribution in [-0.4, -0.2) is 0 Å².